The van der Waals surface area contributed by atoms with Crippen LogP contribution in [0.4, 0.5) is 5.13 Å². The number of aryl methyl sites for hydroxylation is 1. The van der Waals surface area contributed by atoms with Gasteiger partial charge in [0.2, 0.25) is 15.2 Å². The third kappa shape index (κ3) is 5.72. The number of nitrogens with zero attached hydrogens (tertiary/aromatic N) is 3. The molecule has 0 atom stereocenters. The Morgan fingerprint density at radius 2 is 1.65 bits per heavy atom. The van der Waals surface area contributed by atoms with E-state index in [4.69, 9.17) is 4.98 Å². The molecule has 10 heteroatoms. The first-order chi connectivity index (χ1) is 17.9. The van der Waals surface area contributed by atoms with Crippen LogP contribution in [0.25, 0.3) is 22.2 Å². The van der Waals surface area contributed by atoms with Gasteiger partial charge in [-0.25, -0.2) is 18.1 Å². The predicted molar refractivity (Wildman–Crippen MR) is 145 cm³/mol. The minimum absolute atomic E-state index is 0.161. The Balaban J connectivity index is 1.29. The number of aromatic nitrogens is 3. The van der Waals surface area contributed by atoms with E-state index in [-0.39, 0.29) is 17.3 Å². The number of fused-ring (bicyclic) bond motifs is 1. The summed E-state index contributed by atoms with van der Waals surface area (Å²) in [6.07, 6.45) is 0.342. The van der Waals surface area contributed by atoms with Crippen molar-refractivity contribution >= 4 is 43.3 Å². The van der Waals surface area contributed by atoms with Crippen LogP contribution in [0.15, 0.2) is 89.8 Å². The molecular formula is C27H23N5O3S2. The van der Waals surface area contributed by atoms with Gasteiger partial charge < -0.3 is 0 Å². The maximum atomic E-state index is 13.3. The molecule has 0 aliphatic carbocycles. The lowest BCUT2D eigenvalue weighted by Gasteiger charge is -2.09. The van der Waals surface area contributed by atoms with Gasteiger partial charge in [0.15, 0.2) is 0 Å². The summed E-state index contributed by atoms with van der Waals surface area (Å²) in [5.41, 5.74) is 3.79. The first-order valence-corrected chi connectivity index (χ1v) is 13.8. The highest BCUT2D eigenvalue weighted by Gasteiger charge is 2.17. The normalized spacial score (nSPS) is 11.5. The van der Waals surface area contributed by atoms with Crippen LogP contribution >= 0.6 is 11.3 Å². The number of para-hydroxylation sites is 1. The molecule has 1 amide bonds. The molecule has 0 unspecified atom stereocenters. The Bertz CT molecular complexity index is 1670. The zero-order chi connectivity index (χ0) is 25.8. The maximum absolute atomic E-state index is 13.3. The van der Waals surface area contributed by atoms with E-state index < -0.39 is 10.0 Å². The average molecular weight is 530 g/mol. The van der Waals surface area contributed by atoms with Gasteiger partial charge in [0, 0.05) is 23.9 Å². The number of sulfonamides is 1. The predicted octanol–water partition coefficient (Wildman–Crippen LogP) is 4.84. The molecule has 0 aliphatic rings. The van der Waals surface area contributed by atoms with Gasteiger partial charge in [-0.15, -0.1) is 10.2 Å². The Hall–Kier alpha value is -3.99. The molecule has 2 N–H and O–H groups in total. The number of pyridine rings is 1. The van der Waals surface area contributed by atoms with Crippen molar-refractivity contribution in [3.05, 3.63) is 101 Å². The van der Waals surface area contributed by atoms with Crippen LogP contribution in [0.3, 0.4) is 0 Å². The van der Waals surface area contributed by atoms with Crippen molar-refractivity contribution in [2.45, 2.75) is 18.2 Å². The summed E-state index contributed by atoms with van der Waals surface area (Å²) in [4.78, 5) is 18.2. The summed E-state index contributed by atoms with van der Waals surface area (Å²) in [7, 11) is -3.61. The van der Waals surface area contributed by atoms with Crippen molar-refractivity contribution in [1.29, 1.82) is 0 Å². The van der Waals surface area contributed by atoms with Gasteiger partial charge in [0.1, 0.15) is 5.01 Å². The molecule has 0 saturated heterocycles. The highest BCUT2D eigenvalue weighted by molar-refractivity contribution is 7.89. The Morgan fingerprint density at radius 1 is 0.919 bits per heavy atom. The highest BCUT2D eigenvalue weighted by Crippen LogP contribution is 2.26. The number of anilines is 1. The number of amides is 1. The van der Waals surface area contributed by atoms with Gasteiger partial charge in [0.05, 0.1) is 21.7 Å². The molecule has 2 heterocycles. The summed E-state index contributed by atoms with van der Waals surface area (Å²) < 4.78 is 27.5. The van der Waals surface area contributed by atoms with Crippen molar-refractivity contribution in [1.82, 2.24) is 19.9 Å². The van der Waals surface area contributed by atoms with Gasteiger partial charge in [-0.1, -0.05) is 77.6 Å². The monoisotopic (exact) mass is 529 g/mol. The smallest absolute Gasteiger partial charge is 0.258 e. The Labute approximate surface area is 218 Å². The van der Waals surface area contributed by atoms with Crippen LogP contribution in [0, 0.1) is 6.92 Å². The van der Waals surface area contributed by atoms with E-state index in [1.807, 2.05) is 61.5 Å². The molecule has 186 valence electrons. The van der Waals surface area contributed by atoms with Gasteiger partial charge in [-0.05, 0) is 31.2 Å². The zero-order valence-electron chi connectivity index (χ0n) is 19.9. The highest BCUT2D eigenvalue weighted by atomic mass is 32.2. The standard InChI is InChI=1S/C27H23N5O3S2/c1-18-11-13-20(14-12-18)37(34,35)28-16-15-25-31-32-27(36-25)30-26(33)22-17-24(19-7-3-2-4-8-19)29-23-10-6-5-9-21(22)23/h2-14,17,28H,15-16H2,1H3,(H,30,32,33). The number of carbonyl (C=O) groups excluding carboxylic acids is 1. The largest absolute Gasteiger partial charge is 0.296 e. The van der Waals surface area contributed by atoms with Crippen LogP contribution in [0.1, 0.15) is 20.9 Å². The molecular weight excluding hydrogens is 506 g/mol. The van der Waals surface area contributed by atoms with Crippen molar-refractivity contribution in [3.8, 4) is 11.3 Å². The van der Waals surface area contributed by atoms with Crippen molar-refractivity contribution < 1.29 is 13.2 Å². The van der Waals surface area contributed by atoms with E-state index in [9.17, 15) is 13.2 Å². The molecule has 2 aromatic heterocycles. The van der Waals surface area contributed by atoms with Crippen LogP contribution in [-0.4, -0.2) is 36.1 Å². The van der Waals surface area contributed by atoms with E-state index in [0.29, 0.717) is 33.3 Å². The van der Waals surface area contributed by atoms with Crippen LogP contribution in [0.2, 0.25) is 0 Å². The van der Waals surface area contributed by atoms with Gasteiger partial charge >= 0.3 is 0 Å². The summed E-state index contributed by atoms with van der Waals surface area (Å²) in [5, 5.41) is 12.7. The quantitative estimate of drug-likeness (QED) is 0.297. The molecule has 0 radical (unpaired) electrons. The summed E-state index contributed by atoms with van der Waals surface area (Å²) in [6, 6.07) is 25.6. The van der Waals surface area contributed by atoms with E-state index in [1.165, 1.54) is 11.3 Å². The average Bonchev–Trinajstić information content (AvgIpc) is 3.35. The van der Waals surface area contributed by atoms with Crippen LogP contribution < -0.4 is 10.0 Å². The molecule has 5 rings (SSSR count). The zero-order valence-corrected chi connectivity index (χ0v) is 21.5. The van der Waals surface area contributed by atoms with Crippen molar-refractivity contribution in [2.24, 2.45) is 0 Å². The van der Waals surface area contributed by atoms with Crippen molar-refractivity contribution in [2.75, 3.05) is 11.9 Å². The van der Waals surface area contributed by atoms with E-state index >= 15 is 0 Å². The minimum atomic E-state index is -3.61. The first-order valence-electron chi connectivity index (χ1n) is 11.5. The molecule has 0 saturated carbocycles. The summed E-state index contributed by atoms with van der Waals surface area (Å²) in [6.45, 7) is 2.06. The number of nitrogens with one attached hydrogen (secondary N) is 2. The summed E-state index contributed by atoms with van der Waals surface area (Å²) in [5.74, 6) is -0.321. The lowest BCUT2D eigenvalue weighted by Crippen LogP contribution is -2.25. The number of hydrogen-bond donors (Lipinski definition) is 2. The third-order valence-corrected chi connectivity index (χ3v) is 8.06. The van der Waals surface area contributed by atoms with Gasteiger partial charge in [-0.3, -0.25) is 10.1 Å². The second kappa shape index (κ2) is 10.6. The second-order valence-electron chi connectivity index (χ2n) is 8.35. The third-order valence-electron chi connectivity index (χ3n) is 5.68. The molecule has 0 bridgehead atoms. The minimum Gasteiger partial charge on any atom is -0.296 e. The van der Waals surface area contributed by atoms with Crippen molar-refractivity contribution in [3.63, 3.8) is 0 Å². The number of carbonyl (C=O) groups is 1. The number of rotatable bonds is 8. The lowest BCUT2D eigenvalue weighted by atomic mass is 10.0. The first kappa shape index (κ1) is 24.7. The van der Waals surface area contributed by atoms with E-state index in [1.54, 1.807) is 30.3 Å². The molecule has 8 nitrogen and oxygen atoms in total. The molecule has 37 heavy (non-hydrogen) atoms. The molecule has 0 aliphatic heterocycles. The SMILES string of the molecule is Cc1ccc(S(=O)(=O)NCCc2nnc(NC(=O)c3cc(-c4ccccc4)nc4ccccc34)s2)cc1. The molecule has 0 spiro atoms. The van der Waals surface area contributed by atoms with Crippen LogP contribution in [0.5, 0.6) is 0 Å². The maximum Gasteiger partial charge on any atom is 0.258 e. The molecule has 0 fully saturated rings. The Kier molecular flexibility index (Phi) is 7.04. The van der Waals surface area contributed by atoms with E-state index in [2.05, 4.69) is 20.2 Å². The fourth-order valence-electron chi connectivity index (χ4n) is 3.78. The van der Waals surface area contributed by atoms with Crippen LogP contribution in [-0.2, 0) is 16.4 Å². The summed E-state index contributed by atoms with van der Waals surface area (Å²) >= 11 is 1.21. The number of benzene rings is 3. The van der Waals surface area contributed by atoms with Gasteiger partial charge in [-0.2, -0.15) is 0 Å². The Morgan fingerprint density at radius 3 is 2.43 bits per heavy atom. The van der Waals surface area contributed by atoms with Gasteiger partial charge in [0.25, 0.3) is 5.91 Å². The fourth-order valence-corrected chi connectivity index (χ4v) is 5.55. The fraction of sp³-hybridized carbons (Fsp3) is 0.111. The molecule has 3 aromatic carbocycles. The molecule has 5 aromatic rings. The lowest BCUT2D eigenvalue weighted by molar-refractivity contribution is 0.102. The second-order valence-corrected chi connectivity index (χ2v) is 11.2. The topological polar surface area (TPSA) is 114 Å². The van der Waals surface area contributed by atoms with E-state index in [0.717, 1.165) is 16.5 Å². The number of hydrogen-bond acceptors (Lipinski definition) is 7.